The van der Waals surface area contributed by atoms with Crippen LogP contribution in [0.3, 0.4) is 0 Å². The number of aromatic nitrogens is 6. The second-order valence-corrected chi connectivity index (χ2v) is 12.8. The standard InChI is InChI=1S/C33H36Cl2N8O5/c1-4-43-28-29(39(2)32(45)40(3)30(28)44)38-31(43)42-15-13-41(14-16-42)22-6-8-23(9-7-22)46-19-24-20-47-33(48-24,18-27-36-11-12-37-27)25-10-5-21(34)17-26(25)35/h5-12,17,24H,4,13-16,18-20H2,1-3H3,(H,36,37). The summed E-state index contributed by atoms with van der Waals surface area (Å²) in [4.78, 5) is 42.2. The summed E-state index contributed by atoms with van der Waals surface area (Å²) in [7, 11) is 3.14. The van der Waals surface area contributed by atoms with Gasteiger partial charge in [-0.2, -0.15) is 4.98 Å². The van der Waals surface area contributed by atoms with E-state index in [-0.39, 0.29) is 24.0 Å². The van der Waals surface area contributed by atoms with Gasteiger partial charge in [0.15, 0.2) is 11.2 Å². The average Bonchev–Trinajstić information content (AvgIpc) is 3.85. The molecule has 2 saturated heterocycles. The lowest BCUT2D eigenvalue weighted by atomic mass is 10.0. The number of H-pyrrole nitrogens is 1. The Morgan fingerprint density at radius 3 is 2.46 bits per heavy atom. The third-order valence-corrected chi connectivity index (χ3v) is 9.55. The zero-order chi connectivity index (χ0) is 33.6. The molecular weight excluding hydrogens is 659 g/mol. The maximum atomic E-state index is 13.0. The molecule has 0 bridgehead atoms. The number of imidazole rings is 2. The summed E-state index contributed by atoms with van der Waals surface area (Å²) in [6.07, 6.45) is 3.44. The maximum Gasteiger partial charge on any atom is 0.332 e. The molecular formula is C33H36Cl2N8O5. The number of hydrogen-bond donors (Lipinski definition) is 1. The van der Waals surface area contributed by atoms with Crippen LogP contribution in [0, 0.1) is 0 Å². The fourth-order valence-corrected chi connectivity index (χ4v) is 7.03. The summed E-state index contributed by atoms with van der Waals surface area (Å²) in [5, 5.41) is 0.980. The van der Waals surface area contributed by atoms with Crippen molar-refractivity contribution in [2.24, 2.45) is 14.1 Å². The van der Waals surface area contributed by atoms with Crippen LogP contribution in [0.15, 0.2) is 64.4 Å². The van der Waals surface area contributed by atoms with Gasteiger partial charge in [-0.25, -0.2) is 9.78 Å². The second-order valence-electron chi connectivity index (χ2n) is 12.0. The summed E-state index contributed by atoms with van der Waals surface area (Å²) in [5.41, 5.74) is 1.89. The highest BCUT2D eigenvalue weighted by Crippen LogP contribution is 2.41. The molecule has 0 saturated carbocycles. The normalized spacial score (nSPS) is 19.8. The molecule has 2 aliphatic rings. The smallest absolute Gasteiger partial charge is 0.332 e. The first kappa shape index (κ1) is 32.3. The molecule has 5 heterocycles. The largest absolute Gasteiger partial charge is 0.491 e. The molecule has 0 spiro atoms. The molecule has 2 aromatic carbocycles. The van der Waals surface area contributed by atoms with E-state index in [0.29, 0.717) is 71.2 Å². The highest BCUT2D eigenvalue weighted by molar-refractivity contribution is 6.35. The van der Waals surface area contributed by atoms with E-state index >= 15 is 0 Å². The summed E-state index contributed by atoms with van der Waals surface area (Å²) >= 11 is 12.8. The van der Waals surface area contributed by atoms with E-state index in [2.05, 4.69) is 19.8 Å². The summed E-state index contributed by atoms with van der Waals surface area (Å²) in [6.45, 7) is 6.12. The van der Waals surface area contributed by atoms with Crippen LogP contribution < -0.4 is 25.8 Å². The Morgan fingerprint density at radius 2 is 1.77 bits per heavy atom. The van der Waals surface area contributed by atoms with Gasteiger partial charge in [0.25, 0.3) is 5.56 Å². The molecule has 2 fully saturated rings. The summed E-state index contributed by atoms with van der Waals surface area (Å²) in [6, 6.07) is 13.3. The van der Waals surface area contributed by atoms with Crippen molar-refractivity contribution in [1.82, 2.24) is 28.7 Å². The van der Waals surface area contributed by atoms with Crippen molar-refractivity contribution in [3.8, 4) is 5.75 Å². The van der Waals surface area contributed by atoms with E-state index < -0.39 is 5.79 Å². The predicted octanol–water partition coefficient (Wildman–Crippen LogP) is 3.70. The molecule has 2 unspecified atom stereocenters. The van der Waals surface area contributed by atoms with Crippen molar-refractivity contribution >= 4 is 46.0 Å². The number of nitrogens with zero attached hydrogens (tertiary/aromatic N) is 7. The van der Waals surface area contributed by atoms with Gasteiger partial charge in [-0.3, -0.25) is 13.9 Å². The minimum atomic E-state index is -1.13. The quantitative estimate of drug-likeness (QED) is 0.246. The van der Waals surface area contributed by atoms with Crippen LogP contribution in [0.5, 0.6) is 5.75 Å². The molecule has 13 nitrogen and oxygen atoms in total. The molecule has 2 atom stereocenters. The van der Waals surface area contributed by atoms with Crippen molar-refractivity contribution in [2.45, 2.75) is 31.8 Å². The molecule has 48 heavy (non-hydrogen) atoms. The molecule has 7 rings (SSSR count). The minimum absolute atomic E-state index is 0.288. The van der Waals surface area contributed by atoms with Gasteiger partial charge in [0.2, 0.25) is 11.7 Å². The fourth-order valence-electron chi connectivity index (χ4n) is 6.47. The molecule has 0 amide bonds. The maximum absolute atomic E-state index is 13.0. The SMILES string of the molecule is CCn1c(N2CCN(c3ccc(OCC4COC(Cc5ncc[nH]5)(c5ccc(Cl)cc5Cl)O4)cc3)CC2)nc2c1c(=O)n(C)c(=O)n2C. The zero-order valence-corrected chi connectivity index (χ0v) is 28.4. The number of rotatable bonds is 9. The van der Waals surface area contributed by atoms with Crippen LogP contribution in [0.4, 0.5) is 11.6 Å². The van der Waals surface area contributed by atoms with E-state index in [4.69, 9.17) is 42.4 Å². The molecule has 3 aromatic heterocycles. The van der Waals surface area contributed by atoms with Crippen molar-refractivity contribution in [3.63, 3.8) is 0 Å². The lowest BCUT2D eigenvalue weighted by Crippen LogP contribution is -2.47. The Balaban J connectivity index is 0.987. The number of nitrogens with one attached hydrogen (secondary N) is 1. The number of ether oxygens (including phenoxy) is 3. The van der Waals surface area contributed by atoms with Crippen LogP contribution in [0.1, 0.15) is 18.3 Å². The van der Waals surface area contributed by atoms with Gasteiger partial charge in [-0.05, 0) is 43.3 Å². The minimum Gasteiger partial charge on any atom is -0.491 e. The lowest BCUT2D eigenvalue weighted by Gasteiger charge is -2.36. The van der Waals surface area contributed by atoms with E-state index in [0.717, 1.165) is 29.1 Å². The number of piperazine rings is 1. The summed E-state index contributed by atoms with van der Waals surface area (Å²) < 4.78 is 23.4. The Hall–Kier alpha value is -4.30. The molecule has 5 aromatic rings. The first-order valence-corrected chi connectivity index (χ1v) is 16.6. The van der Waals surface area contributed by atoms with Crippen molar-refractivity contribution in [2.75, 3.05) is 49.2 Å². The van der Waals surface area contributed by atoms with E-state index in [1.54, 1.807) is 31.6 Å². The van der Waals surface area contributed by atoms with E-state index in [1.807, 2.05) is 41.8 Å². The number of hydrogen-bond acceptors (Lipinski definition) is 9. The molecule has 0 aliphatic carbocycles. The van der Waals surface area contributed by atoms with Crippen molar-refractivity contribution < 1.29 is 14.2 Å². The third kappa shape index (κ3) is 5.85. The van der Waals surface area contributed by atoms with Gasteiger partial charge in [-0.15, -0.1) is 0 Å². The molecule has 252 valence electrons. The van der Waals surface area contributed by atoms with Crippen LogP contribution in [-0.4, -0.2) is 74.1 Å². The zero-order valence-electron chi connectivity index (χ0n) is 26.9. The van der Waals surface area contributed by atoms with Gasteiger partial charge in [0, 0.05) is 75.5 Å². The second kappa shape index (κ2) is 13.0. The van der Waals surface area contributed by atoms with Crippen molar-refractivity contribution in [1.29, 1.82) is 0 Å². The van der Waals surface area contributed by atoms with Crippen LogP contribution in [-0.2, 0) is 42.3 Å². The molecule has 1 N–H and O–H groups in total. The number of aryl methyl sites for hydroxylation is 2. The van der Waals surface area contributed by atoms with Gasteiger partial charge < -0.3 is 33.6 Å². The Labute approximate surface area is 286 Å². The molecule has 0 radical (unpaired) electrons. The van der Waals surface area contributed by atoms with Crippen molar-refractivity contribution in [3.05, 3.63) is 97.1 Å². The Bertz CT molecular complexity index is 2050. The van der Waals surface area contributed by atoms with Gasteiger partial charge >= 0.3 is 5.69 Å². The van der Waals surface area contributed by atoms with E-state index in [9.17, 15) is 9.59 Å². The highest BCUT2D eigenvalue weighted by Gasteiger charge is 2.45. The molecule has 15 heteroatoms. The third-order valence-electron chi connectivity index (χ3n) is 9.00. The van der Waals surface area contributed by atoms with E-state index in [1.165, 1.54) is 11.6 Å². The fraction of sp³-hybridized carbons (Fsp3) is 0.394. The highest BCUT2D eigenvalue weighted by atomic mass is 35.5. The lowest BCUT2D eigenvalue weighted by molar-refractivity contribution is -0.179. The predicted molar refractivity (Wildman–Crippen MR) is 184 cm³/mol. The number of benzene rings is 2. The first-order chi connectivity index (χ1) is 23.2. The average molecular weight is 696 g/mol. The van der Waals surface area contributed by atoms with Gasteiger partial charge in [0.1, 0.15) is 24.3 Å². The Kier molecular flexibility index (Phi) is 8.71. The summed E-state index contributed by atoms with van der Waals surface area (Å²) in [5.74, 6) is 1.00. The number of anilines is 2. The molecule has 2 aliphatic heterocycles. The first-order valence-electron chi connectivity index (χ1n) is 15.8. The number of fused-ring (bicyclic) bond motifs is 1. The topological polar surface area (TPSA) is 125 Å². The van der Waals surface area contributed by atoms with Gasteiger partial charge in [0.05, 0.1) is 18.1 Å². The Morgan fingerprint density at radius 1 is 1.02 bits per heavy atom. The van der Waals surface area contributed by atoms with Crippen LogP contribution in [0.25, 0.3) is 11.2 Å². The number of halogens is 2. The monoisotopic (exact) mass is 694 g/mol. The van der Waals surface area contributed by atoms with Crippen LogP contribution >= 0.6 is 23.2 Å². The van der Waals surface area contributed by atoms with Crippen LogP contribution in [0.2, 0.25) is 10.0 Å². The van der Waals surface area contributed by atoms with Gasteiger partial charge in [-0.1, -0.05) is 29.3 Å². The number of aromatic amines is 1.